The molecule has 0 aliphatic rings. The molecular weight excluding hydrogens is 170 g/mol. The topological polar surface area (TPSA) is 25.2 Å². The molecule has 0 aliphatic carbocycles. The molecule has 0 spiro atoms. The summed E-state index contributed by atoms with van der Waals surface area (Å²) < 4.78 is 5.03. The molecule has 1 aromatic rings. The molecule has 0 fully saturated rings. The molecule has 3 heteroatoms. The number of hydrogen-bond donors (Lipinski definition) is 1. The fraction of sp³-hybridized carbons (Fsp3) is 0.556. The Morgan fingerprint density at radius 3 is 3.00 bits per heavy atom. The fourth-order valence-corrected chi connectivity index (χ4v) is 1.66. The van der Waals surface area contributed by atoms with Crippen LogP contribution in [0.25, 0.3) is 0 Å². The summed E-state index contributed by atoms with van der Waals surface area (Å²) in [5.41, 5.74) is 1.24. The van der Waals surface area contributed by atoms with E-state index in [0.717, 1.165) is 6.42 Å². The van der Waals surface area contributed by atoms with Crippen LogP contribution >= 0.6 is 11.8 Å². The molecule has 0 aromatic carbocycles. The van der Waals surface area contributed by atoms with E-state index in [-0.39, 0.29) is 0 Å². The van der Waals surface area contributed by atoms with Crippen molar-refractivity contribution in [2.45, 2.75) is 12.5 Å². The minimum absolute atomic E-state index is 0.441. The van der Waals surface area contributed by atoms with Gasteiger partial charge in [-0.25, -0.2) is 0 Å². The van der Waals surface area contributed by atoms with Crippen LogP contribution in [0.15, 0.2) is 23.0 Å². The van der Waals surface area contributed by atoms with Crippen molar-refractivity contribution < 1.29 is 4.42 Å². The highest BCUT2D eigenvalue weighted by atomic mass is 32.2. The Labute approximate surface area is 77.7 Å². The lowest BCUT2D eigenvalue weighted by molar-refractivity contribution is 0.538. The normalized spacial score (nSPS) is 13.2. The van der Waals surface area contributed by atoms with Gasteiger partial charge in [0.15, 0.2) is 0 Å². The first-order valence-electron chi connectivity index (χ1n) is 4.06. The van der Waals surface area contributed by atoms with E-state index in [4.69, 9.17) is 4.42 Å². The van der Waals surface area contributed by atoms with Crippen molar-refractivity contribution in [1.82, 2.24) is 5.32 Å². The van der Waals surface area contributed by atoms with Gasteiger partial charge in [0.2, 0.25) is 0 Å². The molecule has 1 unspecified atom stereocenters. The molecule has 1 N–H and O–H groups in total. The van der Waals surface area contributed by atoms with Crippen LogP contribution in [0.1, 0.15) is 18.0 Å². The molecule has 1 heterocycles. The number of nitrogens with one attached hydrogen (secondary N) is 1. The average molecular weight is 185 g/mol. The zero-order valence-corrected chi connectivity index (χ0v) is 8.36. The highest BCUT2D eigenvalue weighted by Crippen LogP contribution is 2.18. The molecule has 0 radical (unpaired) electrons. The zero-order chi connectivity index (χ0) is 8.81. The highest BCUT2D eigenvalue weighted by molar-refractivity contribution is 7.98. The van der Waals surface area contributed by atoms with Gasteiger partial charge in [0.05, 0.1) is 12.5 Å². The van der Waals surface area contributed by atoms with Gasteiger partial charge in [-0.05, 0) is 31.5 Å². The first-order chi connectivity index (χ1) is 5.88. The fourth-order valence-electron chi connectivity index (χ4n) is 1.19. The van der Waals surface area contributed by atoms with Crippen LogP contribution in [0.5, 0.6) is 0 Å². The molecular formula is C9H15NOS. The summed E-state index contributed by atoms with van der Waals surface area (Å²) in [5.74, 6) is 1.18. The van der Waals surface area contributed by atoms with Gasteiger partial charge in [-0.1, -0.05) is 0 Å². The number of hydrogen-bond acceptors (Lipinski definition) is 3. The summed E-state index contributed by atoms with van der Waals surface area (Å²) in [6.45, 7) is 0. The average Bonchev–Trinajstić information content (AvgIpc) is 2.59. The van der Waals surface area contributed by atoms with Gasteiger partial charge in [0, 0.05) is 11.6 Å². The van der Waals surface area contributed by atoms with Crippen LogP contribution in [0, 0.1) is 0 Å². The Balaban J connectivity index is 2.45. The largest absolute Gasteiger partial charge is 0.472 e. The Hall–Kier alpha value is -0.410. The van der Waals surface area contributed by atoms with Crippen LogP contribution in [-0.4, -0.2) is 19.1 Å². The molecule has 0 amide bonds. The number of rotatable bonds is 5. The highest BCUT2D eigenvalue weighted by Gasteiger charge is 2.08. The van der Waals surface area contributed by atoms with Gasteiger partial charge in [-0.3, -0.25) is 0 Å². The maximum absolute atomic E-state index is 5.03. The smallest absolute Gasteiger partial charge is 0.0950 e. The minimum atomic E-state index is 0.441. The summed E-state index contributed by atoms with van der Waals surface area (Å²) >= 11 is 1.87. The van der Waals surface area contributed by atoms with E-state index in [0.29, 0.717) is 6.04 Å². The number of thioether (sulfide) groups is 1. The van der Waals surface area contributed by atoms with Gasteiger partial charge >= 0.3 is 0 Å². The molecule has 0 bridgehead atoms. The third-order valence-corrected chi connectivity index (χ3v) is 2.55. The Morgan fingerprint density at radius 2 is 2.50 bits per heavy atom. The van der Waals surface area contributed by atoms with Crippen molar-refractivity contribution in [2.75, 3.05) is 19.1 Å². The van der Waals surface area contributed by atoms with E-state index in [2.05, 4.69) is 11.6 Å². The predicted octanol–water partition coefficient (Wildman–Crippen LogP) is 2.29. The summed E-state index contributed by atoms with van der Waals surface area (Å²) in [6, 6.07) is 2.46. The predicted molar refractivity (Wildman–Crippen MR) is 53.5 cm³/mol. The SMILES string of the molecule is CNC(CCSC)c1ccoc1. The summed E-state index contributed by atoms with van der Waals surface area (Å²) in [6.07, 6.45) is 6.81. The van der Waals surface area contributed by atoms with E-state index < -0.39 is 0 Å². The first kappa shape index (κ1) is 9.68. The number of furan rings is 1. The second-order valence-corrected chi connectivity index (χ2v) is 3.67. The van der Waals surface area contributed by atoms with Crippen LogP contribution in [0.4, 0.5) is 0 Å². The maximum Gasteiger partial charge on any atom is 0.0950 e. The molecule has 0 saturated heterocycles. The maximum atomic E-state index is 5.03. The minimum Gasteiger partial charge on any atom is -0.472 e. The van der Waals surface area contributed by atoms with Crippen molar-refractivity contribution >= 4 is 11.8 Å². The molecule has 12 heavy (non-hydrogen) atoms. The lowest BCUT2D eigenvalue weighted by Crippen LogP contribution is -2.16. The van der Waals surface area contributed by atoms with Gasteiger partial charge in [-0.2, -0.15) is 11.8 Å². The lowest BCUT2D eigenvalue weighted by atomic mass is 10.1. The van der Waals surface area contributed by atoms with Gasteiger partial charge in [0.25, 0.3) is 0 Å². The van der Waals surface area contributed by atoms with Crippen LogP contribution in [-0.2, 0) is 0 Å². The van der Waals surface area contributed by atoms with E-state index >= 15 is 0 Å². The van der Waals surface area contributed by atoms with Crippen molar-refractivity contribution in [1.29, 1.82) is 0 Å². The van der Waals surface area contributed by atoms with Gasteiger partial charge in [0.1, 0.15) is 0 Å². The van der Waals surface area contributed by atoms with Crippen molar-refractivity contribution in [2.24, 2.45) is 0 Å². The Morgan fingerprint density at radius 1 is 1.67 bits per heavy atom. The van der Waals surface area contributed by atoms with E-state index in [1.165, 1.54) is 11.3 Å². The standard InChI is InChI=1S/C9H15NOS/c1-10-9(4-6-12-2)8-3-5-11-7-8/h3,5,7,9-10H,4,6H2,1-2H3. The molecule has 1 rings (SSSR count). The molecule has 68 valence electrons. The zero-order valence-electron chi connectivity index (χ0n) is 7.54. The van der Waals surface area contributed by atoms with Crippen molar-refractivity contribution in [3.8, 4) is 0 Å². The van der Waals surface area contributed by atoms with Crippen LogP contribution in [0.3, 0.4) is 0 Å². The monoisotopic (exact) mass is 185 g/mol. The lowest BCUT2D eigenvalue weighted by Gasteiger charge is -2.12. The second kappa shape index (κ2) is 5.27. The molecule has 1 atom stereocenters. The van der Waals surface area contributed by atoms with Crippen LogP contribution in [0.2, 0.25) is 0 Å². The molecule has 1 aromatic heterocycles. The third-order valence-electron chi connectivity index (χ3n) is 1.90. The van der Waals surface area contributed by atoms with E-state index in [9.17, 15) is 0 Å². The van der Waals surface area contributed by atoms with Crippen LogP contribution < -0.4 is 5.32 Å². The first-order valence-corrected chi connectivity index (χ1v) is 5.46. The van der Waals surface area contributed by atoms with Gasteiger partial charge < -0.3 is 9.73 Å². The molecule has 2 nitrogen and oxygen atoms in total. The van der Waals surface area contributed by atoms with E-state index in [1.807, 2.05) is 31.1 Å². The van der Waals surface area contributed by atoms with E-state index in [1.54, 1.807) is 6.26 Å². The summed E-state index contributed by atoms with van der Waals surface area (Å²) in [4.78, 5) is 0. The second-order valence-electron chi connectivity index (χ2n) is 2.68. The summed E-state index contributed by atoms with van der Waals surface area (Å²) in [5, 5.41) is 3.27. The Bertz CT molecular complexity index is 198. The van der Waals surface area contributed by atoms with Crippen molar-refractivity contribution in [3.05, 3.63) is 24.2 Å². The van der Waals surface area contributed by atoms with Gasteiger partial charge in [-0.15, -0.1) is 0 Å². The van der Waals surface area contributed by atoms with Crippen molar-refractivity contribution in [3.63, 3.8) is 0 Å². The molecule has 0 saturated carbocycles. The third kappa shape index (κ3) is 2.57. The molecule has 0 aliphatic heterocycles. The summed E-state index contributed by atoms with van der Waals surface area (Å²) in [7, 11) is 1.98. The quantitative estimate of drug-likeness (QED) is 0.762. The Kier molecular flexibility index (Phi) is 4.25.